The number of hydrogen-bond acceptors (Lipinski definition) is 5. The van der Waals surface area contributed by atoms with Gasteiger partial charge in [0.2, 0.25) is 0 Å². The van der Waals surface area contributed by atoms with Crippen LogP contribution in [0.3, 0.4) is 0 Å². The molecule has 18 heavy (non-hydrogen) atoms. The average molecular weight is 268 g/mol. The van der Waals surface area contributed by atoms with Gasteiger partial charge in [0, 0.05) is 6.07 Å². The van der Waals surface area contributed by atoms with E-state index in [0.29, 0.717) is 17.1 Å². The van der Waals surface area contributed by atoms with Crippen LogP contribution >= 0.6 is 0 Å². The molecule has 0 radical (unpaired) electrons. The van der Waals surface area contributed by atoms with Crippen molar-refractivity contribution in [1.82, 2.24) is 10.2 Å². The van der Waals surface area contributed by atoms with E-state index in [-0.39, 0.29) is 5.03 Å². The number of anilines is 2. The zero-order chi connectivity index (χ0) is 13.2. The first-order valence-electron chi connectivity index (χ1n) is 4.98. The molecule has 0 spiro atoms. The van der Waals surface area contributed by atoms with Crippen LogP contribution in [0.2, 0.25) is 0 Å². The smallest absolute Gasteiger partial charge is 0.278 e. The second kappa shape index (κ2) is 4.57. The number of methoxy groups -OCH3 is 1. The predicted molar refractivity (Wildman–Crippen MR) is 66.8 cm³/mol. The largest absolute Gasteiger partial charge is 0.495 e. The molecule has 1 aromatic heterocycles. The topological polar surface area (TPSA) is 110 Å². The molecule has 1 aromatic carbocycles. The minimum atomic E-state index is -3.67. The maximum Gasteiger partial charge on any atom is 0.278 e. The summed E-state index contributed by atoms with van der Waals surface area (Å²) in [6.45, 7) is 0. The summed E-state index contributed by atoms with van der Waals surface area (Å²) in [4.78, 5) is 0. The number of nitrogen functional groups attached to an aromatic ring is 1. The van der Waals surface area contributed by atoms with Crippen molar-refractivity contribution in [2.75, 3.05) is 17.6 Å². The zero-order valence-electron chi connectivity index (χ0n) is 9.54. The van der Waals surface area contributed by atoms with Gasteiger partial charge < -0.3 is 10.5 Å². The number of nitrogens with two attached hydrogens (primary N) is 1. The third-order valence-electron chi connectivity index (χ3n) is 2.25. The van der Waals surface area contributed by atoms with Gasteiger partial charge in [-0.3, -0.25) is 9.82 Å². The van der Waals surface area contributed by atoms with Gasteiger partial charge in [-0.1, -0.05) is 0 Å². The number of sulfonamides is 1. The lowest BCUT2D eigenvalue weighted by atomic mass is 10.3. The number of nitrogens with one attached hydrogen (secondary N) is 2. The summed E-state index contributed by atoms with van der Waals surface area (Å²) >= 11 is 0. The fourth-order valence-electron chi connectivity index (χ4n) is 1.38. The molecule has 0 aliphatic rings. The van der Waals surface area contributed by atoms with Crippen molar-refractivity contribution in [2.45, 2.75) is 5.03 Å². The van der Waals surface area contributed by atoms with Gasteiger partial charge in [0.1, 0.15) is 5.75 Å². The Labute approximate surface area is 104 Å². The Morgan fingerprint density at radius 2 is 2.17 bits per heavy atom. The van der Waals surface area contributed by atoms with Gasteiger partial charge in [-0.25, -0.2) is 0 Å². The Hall–Kier alpha value is -2.22. The van der Waals surface area contributed by atoms with Crippen LogP contribution < -0.4 is 15.2 Å². The number of hydrogen-bond donors (Lipinski definition) is 3. The molecule has 0 saturated heterocycles. The lowest BCUT2D eigenvalue weighted by Gasteiger charge is -2.09. The highest BCUT2D eigenvalue weighted by Gasteiger charge is 2.16. The number of rotatable bonds is 4. The first-order chi connectivity index (χ1) is 8.53. The third-order valence-corrected chi connectivity index (χ3v) is 3.56. The van der Waals surface area contributed by atoms with E-state index in [0.717, 1.165) is 0 Å². The first kappa shape index (κ1) is 12.2. The maximum absolute atomic E-state index is 11.9. The number of H-pyrrole nitrogens is 1. The van der Waals surface area contributed by atoms with Crippen LogP contribution in [0.25, 0.3) is 0 Å². The average Bonchev–Trinajstić information content (AvgIpc) is 2.85. The molecule has 0 fully saturated rings. The van der Waals surface area contributed by atoms with E-state index in [1.54, 1.807) is 12.1 Å². The zero-order valence-corrected chi connectivity index (χ0v) is 10.4. The molecule has 96 valence electrons. The Kier molecular flexibility index (Phi) is 3.11. The molecule has 0 unspecified atom stereocenters. The molecule has 8 heteroatoms. The molecule has 0 saturated carbocycles. The molecule has 1 heterocycles. The molecular weight excluding hydrogens is 256 g/mol. The van der Waals surface area contributed by atoms with Gasteiger partial charge in [-0.05, 0) is 18.2 Å². The van der Waals surface area contributed by atoms with Crippen LogP contribution in [0.5, 0.6) is 5.75 Å². The quantitative estimate of drug-likeness (QED) is 0.710. The highest BCUT2D eigenvalue weighted by Crippen LogP contribution is 2.26. The van der Waals surface area contributed by atoms with Gasteiger partial charge in [0.25, 0.3) is 10.0 Å². The van der Waals surface area contributed by atoms with E-state index in [2.05, 4.69) is 14.9 Å². The van der Waals surface area contributed by atoms with Crippen LogP contribution in [0, 0.1) is 0 Å². The monoisotopic (exact) mass is 268 g/mol. The van der Waals surface area contributed by atoms with E-state index in [1.807, 2.05) is 0 Å². The van der Waals surface area contributed by atoms with Crippen molar-refractivity contribution in [1.29, 1.82) is 0 Å². The SMILES string of the molecule is COc1cc(NS(=O)(=O)c2ccn[nH]2)ccc1N. The second-order valence-corrected chi connectivity index (χ2v) is 5.13. The van der Waals surface area contributed by atoms with Crippen LogP contribution in [0.15, 0.2) is 35.5 Å². The summed E-state index contributed by atoms with van der Waals surface area (Å²) in [5.74, 6) is 0.403. The summed E-state index contributed by atoms with van der Waals surface area (Å²) in [7, 11) is -2.22. The number of benzene rings is 1. The Bertz CT molecular complexity index is 637. The highest BCUT2D eigenvalue weighted by atomic mass is 32.2. The van der Waals surface area contributed by atoms with Crippen molar-refractivity contribution in [2.24, 2.45) is 0 Å². The standard InChI is InChI=1S/C10H12N4O3S/c1-17-9-6-7(2-3-8(9)11)14-18(15,16)10-4-5-12-13-10/h2-6,14H,11H2,1H3,(H,12,13). The second-order valence-electron chi connectivity index (χ2n) is 3.48. The van der Waals surface area contributed by atoms with Gasteiger partial charge in [0.15, 0.2) is 5.03 Å². The number of aromatic amines is 1. The van der Waals surface area contributed by atoms with Crippen LogP contribution in [-0.4, -0.2) is 25.7 Å². The molecule has 0 amide bonds. The van der Waals surface area contributed by atoms with Crippen molar-refractivity contribution >= 4 is 21.4 Å². The Morgan fingerprint density at radius 1 is 1.39 bits per heavy atom. The number of aromatic nitrogens is 2. The van der Waals surface area contributed by atoms with Crippen molar-refractivity contribution < 1.29 is 13.2 Å². The van der Waals surface area contributed by atoms with E-state index in [9.17, 15) is 8.42 Å². The van der Waals surface area contributed by atoms with Crippen molar-refractivity contribution in [3.05, 3.63) is 30.5 Å². The van der Waals surface area contributed by atoms with E-state index in [4.69, 9.17) is 10.5 Å². The van der Waals surface area contributed by atoms with Gasteiger partial charge in [-0.2, -0.15) is 13.5 Å². The lowest BCUT2D eigenvalue weighted by molar-refractivity contribution is 0.417. The molecule has 2 aromatic rings. The van der Waals surface area contributed by atoms with Gasteiger partial charge in [0.05, 0.1) is 24.7 Å². The predicted octanol–water partition coefficient (Wildman–Crippen LogP) is 0.801. The fraction of sp³-hybridized carbons (Fsp3) is 0.100. The van der Waals surface area contributed by atoms with Crippen LogP contribution in [0.1, 0.15) is 0 Å². The normalized spacial score (nSPS) is 11.2. The molecule has 0 atom stereocenters. The maximum atomic E-state index is 11.9. The summed E-state index contributed by atoms with van der Waals surface area (Å²) in [5, 5.41) is 5.95. The van der Waals surface area contributed by atoms with Crippen LogP contribution in [0.4, 0.5) is 11.4 Å². The highest BCUT2D eigenvalue weighted by molar-refractivity contribution is 7.92. The van der Waals surface area contributed by atoms with E-state index in [1.165, 1.54) is 25.4 Å². The number of ether oxygens (including phenoxy) is 1. The van der Waals surface area contributed by atoms with Gasteiger partial charge in [-0.15, -0.1) is 0 Å². The first-order valence-corrected chi connectivity index (χ1v) is 6.47. The van der Waals surface area contributed by atoms with E-state index >= 15 is 0 Å². The minimum absolute atomic E-state index is 0.0155. The Balaban J connectivity index is 2.30. The molecular formula is C10H12N4O3S. The van der Waals surface area contributed by atoms with Crippen molar-refractivity contribution in [3.63, 3.8) is 0 Å². The molecule has 7 nitrogen and oxygen atoms in total. The molecule has 2 rings (SSSR count). The summed E-state index contributed by atoms with van der Waals surface area (Å²) in [5.41, 5.74) is 6.43. The lowest BCUT2D eigenvalue weighted by Crippen LogP contribution is -2.13. The van der Waals surface area contributed by atoms with Crippen molar-refractivity contribution in [3.8, 4) is 5.75 Å². The summed E-state index contributed by atoms with van der Waals surface area (Å²) in [6.07, 6.45) is 1.36. The molecule has 0 aliphatic carbocycles. The number of nitrogens with zero attached hydrogens (tertiary/aromatic N) is 1. The van der Waals surface area contributed by atoms with Crippen LogP contribution in [-0.2, 0) is 10.0 Å². The molecule has 0 bridgehead atoms. The fourth-order valence-corrected chi connectivity index (χ4v) is 2.34. The van der Waals surface area contributed by atoms with Gasteiger partial charge >= 0.3 is 0 Å². The summed E-state index contributed by atoms with van der Waals surface area (Å²) < 4.78 is 31.2. The summed E-state index contributed by atoms with van der Waals surface area (Å²) in [6, 6.07) is 5.97. The Morgan fingerprint density at radius 3 is 2.78 bits per heavy atom. The van der Waals surface area contributed by atoms with E-state index < -0.39 is 10.0 Å². The third kappa shape index (κ3) is 2.38. The molecule has 4 N–H and O–H groups in total. The minimum Gasteiger partial charge on any atom is -0.495 e. The molecule has 0 aliphatic heterocycles.